The molecule has 0 atom stereocenters. The SMILES string of the molecule is Cc1ccc(-c2nc(CC(=O)NNC(=O)c3cc4c(s3)CCCCC4)cs2)cc1. The number of carbonyl (C=O) groups excluding carboxylic acids is 2. The van der Waals surface area contributed by atoms with Crippen LogP contribution in [0.1, 0.15) is 50.6 Å². The Labute approximate surface area is 178 Å². The third-order valence-electron chi connectivity index (χ3n) is 4.98. The van der Waals surface area contributed by atoms with Crippen LogP contribution in [-0.4, -0.2) is 16.8 Å². The number of nitrogens with one attached hydrogen (secondary N) is 2. The van der Waals surface area contributed by atoms with Crippen molar-refractivity contribution in [1.82, 2.24) is 15.8 Å². The van der Waals surface area contributed by atoms with Gasteiger partial charge in [-0.15, -0.1) is 22.7 Å². The number of fused-ring (bicyclic) bond motifs is 1. The minimum absolute atomic E-state index is 0.129. The normalized spacial score (nSPS) is 13.4. The average molecular weight is 426 g/mol. The van der Waals surface area contributed by atoms with Crippen LogP contribution < -0.4 is 10.9 Å². The van der Waals surface area contributed by atoms with Gasteiger partial charge in [0.05, 0.1) is 17.0 Å². The fraction of sp³-hybridized carbons (Fsp3) is 0.318. The Kier molecular flexibility index (Phi) is 6.06. The average Bonchev–Trinajstić information content (AvgIpc) is 3.28. The lowest BCUT2D eigenvalue weighted by Crippen LogP contribution is -2.42. The Balaban J connectivity index is 1.31. The maximum Gasteiger partial charge on any atom is 0.279 e. The van der Waals surface area contributed by atoms with Crippen molar-refractivity contribution in [3.05, 3.63) is 62.3 Å². The van der Waals surface area contributed by atoms with Crippen LogP contribution in [0.5, 0.6) is 0 Å². The van der Waals surface area contributed by atoms with Crippen molar-refractivity contribution in [2.45, 2.75) is 45.4 Å². The smallest absolute Gasteiger partial charge is 0.273 e. The van der Waals surface area contributed by atoms with Gasteiger partial charge in [-0.25, -0.2) is 4.98 Å². The molecule has 2 aromatic heterocycles. The molecule has 0 fully saturated rings. The van der Waals surface area contributed by atoms with E-state index < -0.39 is 0 Å². The number of aromatic nitrogens is 1. The van der Waals surface area contributed by atoms with Gasteiger partial charge in [0.25, 0.3) is 5.91 Å². The number of hydrazine groups is 1. The summed E-state index contributed by atoms with van der Waals surface area (Å²) < 4.78 is 0. The number of benzene rings is 1. The molecule has 1 aromatic carbocycles. The second-order valence-electron chi connectivity index (χ2n) is 7.31. The van der Waals surface area contributed by atoms with Gasteiger partial charge in [-0.1, -0.05) is 36.2 Å². The fourth-order valence-corrected chi connectivity index (χ4v) is 5.37. The Bertz CT molecular complexity index is 998. The highest BCUT2D eigenvalue weighted by Crippen LogP contribution is 2.29. The van der Waals surface area contributed by atoms with E-state index >= 15 is 0 Å². The van der Waals surface area contributed by atoms with Crippen molar-refractivity contribution in [3.63, 3.8) is 0 Å². The van der Waals surface area contributed by atoms with Gasteiger partial charge in [-0.3, -0.25) is 20.4 Å². The summed E-state index contributed by atoms with van der Waals surface area (Å²) in [5.41, 5.74) is 9.27. The predicted molar refractivity (Wildman–Crippen MR) is 117 cm³/mol. The number of amides is 2. The number of nitrogens with zero attached hydrogens (tertiary/aromatic N) is 1. The Morgan fingerprint density at radius 2 is 1.86 bits per heavy atom. The molecule has 0 radical (unpaired) electrons. The number of thiazole rings is 1. The molecule has 0 saturated carbocycles. The van der Waals surface area contributed by atoms with E-state index in [4.69, 9.17) is 0 Å². The number of hydrogen-bond acceptors (Lipinski definition) is 5. The van der Waals surface area contributed by atoms with Crippen LogP contribution in [0.15, 0.2) is 35.7 Å². The number of hydrogen-bond donors (Lipinski definition) is 2. The minimum Gasteiger partial charge on any atom is -0.273 e. The van der Waals surface area contributed by atoms with Gasteiger partial charge >= 0.3 is 0 Å². The second kappa shape index (κ2) is 8.88. The standard InChI is InChI=1S/C22H23N3O2S2/c1-14-7-9-15(10-8-14)22-23-17(13-28-22)12-20(26)24-25-21(27)19-11-16-5-3-2-4-6-18(16)29-19/h7-11,13H,2-6,12H2,1H3,(H,24,26)(H,25,27). The summed E-state index contributed by atoms with van der Waals surface area (Å²) in [5.74, 6) is -0.535. The van der Waals surface area contributed by atoms with E-state index in [0.717, 1.165) is 23.4 Å². The van der Waals surface area contributed by atoms with Crippen molar-refractivity contribution < 1.29 is 9.59 Å². The van der Waals surface area contributed by atoms with Gasteiger partial charge in [0.2, 0.25) is 5.91 Å². The number of aryl methyl sites for hydroxylation is 3. The van der Waals surface area contributed by atoms with Gasteiger partial charge in [0.1, 0.15) is 5.01 Å². The molecule has 7 heteroatoms. The molecule has 2 N–H and O–H groups in total. The minimum atomic E-state index is -0.280. The molecule has 4 rings (SSSR count). The topological polar surface area (TPSA) is 71.1 Å². The molecule has 1 aliphatic carbocycles. The van der Waals surface area contributed by atoms with Gasteiger partial charge in [-0.05, 0) is 44.2 Å². The first-order chi connectivity index (χ1) is 14.1. The third-order valence-corrected chi connectivity index (χ3v) is 7.15. The Morgan fingerprint density at radius 1 is 1.07 bits per heavy atom. The van der Waals surface area contributed by atoms with E-state index in [0.29, 0.717) is 10.6 Å². The third kappa shape index (κ3) is 4.92. The van der Waals surface area contributed by atoms with Gasteiger partial charge < -0.3 is 0 Å². The summed E-state index contributed by atoms with van der Waals surface area (Å²) in [6.45, 7) is 2.04. The largest absolute Gasteiger partial charge is 0.279 e. The highest BCUT2D eigenvalue weighted by Gasteiger charge is 2.17. The predicted octanol–water partition coefficient (Wildman–Crippen LogP) is 4.45. The maximum absolute atomic E-state index is 12.4. The fourth-order valence-electron chi connectivity index (χ4n) is 3.39. The summed E-state index contributed by atoms with van der Waals surface area (Å²) in [7, 11) is 0. The molecule has 150 valence electrons. The van der Waals surface area contributed by atoms with Crippen LogP contribution >= 0.6 is 22.7 Å². The molecule has 2 heterocycles. The van der Waals surface area contributed by atoms with Crippen molar-refractivity contribution in [2.24, 2.45) is 0 Å². The molecule has 5 nitrogen and oxygen atoms in total. The first-order valence-corrected chi connectivity index (χ1v) is 11.5. The first-order valence-electron chi connectivity index (χ1n) is 9.81. The van der Waals surface area contributed by atoms with E-state index in [1.54, 1.807) is 11.3 Å². The zero-order valence-electron chi connectivity index (χ0n) is 16.3. The summed E-state index contributed by atoms with van der Waals surface area (Å²) in [6, 6.07) is 10.1. The summed E-state index contributed by atoms with van der Waals surface area (Å²) in [4.78, 5) is 31.1. The van der Waals surface area contributed by atoms with Crippen molar-refractivity contribution in [2.75, 3.05) is 0 Å². The van der Waals surface area contributed by atoms with E-state index in [9.17, 15) is 9.59 Å². The molecule has 1 aliphatic rings. The Hall–Kier alpha value is -2.51. The molecule has 0 spiro atoms. The highest BCUT2D eigenvalue weighted by molar-refractivity contribution is 7.14. The molecule has 0 unspecified atom stereocenters. The lowest BCUT2D eigenvalue weighted by molar-refractivity contribution is -0.121. The van der Waals surface area contributed by atoms with E-state index in [1.165, 1.54) is 46.6 Å². The lowest BCUT2D eigenvalue weighted by atomic mass is 10.1. The van der Waals surface area contributed by atoms with Gasteiger partial charge in [-0.2, -0.15) is 0 Å². The molecule has 3 aromatic rings. The van der Waals surface area contributed by atoms with E-state index in [-0.39, 0.29) is 18.2 Å². The monoisotopic (exact) mass is 425 g/mol. The molecule has 0 bridgehead atoms. The van der Waals surface area contributed by atoms with Gasteiger partial charge in [0.15, 0.2) is 0 Å². The second-order valence-corrected chi connectivity index (χ2v) is 9.30. The lowest BCUT2D eigenvalue weighted by Gasteiger charge is -2.05. The summed E-state index contributed by atoms with van der Waals surface area (Å²) >= 11 is 3.05. The number of carbonyl (C=O) groups is 2. The molecule has 0 aliphatic heterocycles. The van der Waals surface area contributed by atoms with Crippen LogP contribution in [0, 0.1) is 6.92 Å². The van der Waals surface area contributed by atoms with Crippen LogP contribution in [0.25, 0.3) is 10.6 Å². The molecule has 2 amide bonds. The Morgan fingerprint density at radius 3 is 2.69 bits per heavy atom. The molecular formula is C22H23N3O2S2. The molecular weight excluding hydrogens is 402 g/mol. The van der Waals surface area contributed by atoms with Crippen LogP contribution in [-0.2, 0) is 24.1 Å². The zero-order valence-corrected chi connectivity index (χ0v) is 17.9. The van der Waals surface area contributed by atoms with Crippen LogP contribution in [0.2, 0.25) is 0 Å². The summed E-state index contributed by atoms with van der Waals surface area (Å²) in [5, 5.41) is 2.77. The zero-order chi connectivity index (χ0) is 20.2. The van der Waals surface area contributed by atoms with Crippen molar-refractivity contribution >= 4 is 34.5 Å². The van der Waals surface area contributed by atoms with Crippen molar-refractivity contribution in [1.29, 1.82) is 0 Å². The molecule has 0 saturated heterocycles. The van der Waals surface area contributed by atoms with E-state index in [1.807, 2.05) is 42.6 Å². The number of rotatable bonds is 4. The van der Waals surface area contributed by atoms with Crippen molar-refractivity contribution in [3.8, 4) is 10.6 Å². The quantitative estimate of drug-likeness (QED) is 0.479. The molecule has 29 heavy (non-hydrogen) atoms. The first kappa shape index (κ1) is 19.8. The van der Waals surface area contributed by atoms with Gasteiger partial charge in [0, 0.05) is 15.8 Å². The maximum atomic E-state index is 12.4. The highest BCUT2D eigenvalue weighted by atomic mass is 32.1. The number of thiophene rings is 1. The van der Waals surface area contributed by atoms with Crippen LogP contribution in [0.4, 0.5) is 0 Å². The van der Waals surface area contributed by atoms with E-state index in [2.05, 4.69) is 15.8 Å². The van der Waals surface area contributed by atoms with Crippen LogP contribution in [0.3, 0.4) is 0 Å². The summed E-state index contributed by atoms with van der Waals surface area (Å²) in [6.07, 6.45) is 5.83.